The van der Waals surface area contributed by atoms with Gasteiger partial charge in [-0.3, -0.25) is 4.79 Å². The highest BCUT2D eigenvalue weighted by Gasteiger charge is 2.11. The van der Waals surface area contributed by atoms with Gasteiger partial charge in [-0.15, -0.1) is 10.2 Å². The first-order valence-electron chi connectivity index (χ1n) is 9.56. The summed E-state index contributed by atoms with van der Waals surface area (Å²) in [6.45, 7) is 4.25. The van der Waals surface area contributed by atoms with Crippen molar-refractivity contribution in [1.29, 1.82) is 0 Å². The fraction of sp³-hybridized carbons (Fsp3) is 0.381. The molecule has 1 aromatic heterocycles. The molecule has 0 saturated heterocycles. The second-order valence-electron chi connectivity index (χ2n) is 6.73. The average molecular weight is 385 g/mol. The van der Waals surface area contributed by atoms with E-state index in [4.69, 9.17) is 11.6 Å². The molecular formula is C21H25ClN4O. The van der Waals surface area contributed by atoms with Gasteiger partial charge < -0.3 is 5.32 Å². The maximum absolute atomic E-state index is 12.0. The Morgan fingerprint density at radius 2 is 1.70 bits per heavy atom. The Morgan fingerprint density at radius 3 is 2.37 bits per heavy atom. The minimum absolute atomic E-state index is 0.0341. The van der Waals surface area contributed by atoms with E-state index in [1.807, 2.05) is 12.1 Å². The van der Waals surface area contributed by atoms with Gasteiger partial charge >= 0.3 is 0 Å². The van der Waals surface area contributed by atoms with E-state index in [1.54, 1.807) is 16.9 Å². The van der Waals surface area contributed by atoms with Crippen LogP contribution in [0.2, 0.25) is 5.02 Å². The smallest absolute Gasteiger partial charge is 0.224 e. The van der Waals surface area contributed by atoms with Crippen molar-refractivity contribution in [3.05, 3.63) is 47.0 Å². The zero-order chi connectivity index (χ0) is 19.2. The van der Waals surface area contributed by atoms with Crippen LogP contribution in [0.4, 0.5) is 5.69 Å². The lowest BCUT2D eigenvalue weighted by atomic mass is 10.1. The quantitative estimate of drug-likeness (QED) is 0.554. The molecule has 2 aromatic carbocycles. The Balaban J connectivity index is 1.81. The normalized spacial score (nSPS) is 11.1. The average Bonchev–Trinajstić information content (AvgIpc) is 3.08. The number of fused-ring (bicyclic) bond motifs is 1. The molecule has 0 radical (unpaired) electrons. The van der Waals surface area contributed by atoms with Crippen molar-refractivity contribution >= 4 is 34.2 Å². The Bertz CT molecular complexity index is 918. The van der Waals surface area contributed by atoms with Crippen molar-refractivity contribution in [3.63, 3.8) is 0 Å². The number of carbonyl (C=O) groups is 1. The van der Waals surface area contributed by atoms with Crippen LogP contribution in [0.25, 0.3) is 16.7 Å². The van der Waals surface area contributed by atoms with Gasteiger partial charge in [0.15, 0.2) is 0 Å². The van der Waals surface area contributed by atoms with Crippen molar-refractivity contribution < 1.29 is 4.79 Å². The summed E-state index contributed by atoms with van der Waals surface area (Å²) in [7, 11) is 0. The van der Waals surface area contributed by atoms with Gasteiger partial charge in [-0.1, -0.05) is 50.4 Å². The predicted molar refractivity (Wildman–Crippen MR) is 111 cm³/mol. The summed E-state index contributed by atoms with van der Waals surface area (Å²) in [5.41, 5.74) is 4.18. The first kappa shape index (κ1) is 19.4. The fourth-order valence-electron chi connectivity index (χ4n) is 2.88. The van der Waals surface area contributed by atoms with Crippen molar-refractivity contribution in [3.8, 4) is 5.69 Å². The number of anilines is 1. The van der Waals surface area contributed by atoms with Crippen LogP contribution in [0.5, 0.6) is 0 Å². The van der Waals surface area contributed by atoms with Crippen LogP contribution in [0.15, 0.2) is 36.4 Å². The molecule has 6 heteroatoms. The summed E-state index contributed by atoms with van der Waals surface area (Å²) in [6.07, 6.45) is 5.78. The largest absolute Gasteiger partial charge is 0.325 e. The van der Waals surface area contributed by atoms with E-state index in [0.29, 0.717) is 28.2 Å². The summed E-state index contributed by atoms with van der Waals surface area (Å²) >= 11 is 6.31. The van der Waals surface area contributed by atoms with Crippen molar-refractivity contribution in [2.45, 2.75) is 52.4 Å². The number of hydrogen-bond acceptors (Lipinski definition) is 3. The lowest BCUT2D eigenvalue weighted by molar-refractivity contribution is -0.116. The molecule has 0 fully saturated rings. The molecule has 0 spiro atoms. The lowest BCUT2D eigenvalue weighted by Gasteiger charge is -2.06. The summed E-state index contributed by atoms with van der Waals surface area (Å²) < 4.78 is 0. The molecule has 3 rings (SSSR count). The van der Waals surface area contributed by atoms with Gasteiger partial charge in [0.1, 0.15) is 11.0 Å². The fourth-order valence-corrected chi connectivity index (χ4v) is 3.08. The zero-order valence-electron chi connectivity index (χ0n) is 15.8. The van der Waals surface area contributed by atoms with E-state index in [9.17, 15) is 4.79 Å². The second-order valence-corrected chi connectivity index (χ2v) is 7.14. The van der Waals surface area contributed by atoms with Crippen molar-refractivity contribution in [1.82, 2.24) is 15.0 Å². The zero-order valence-corrected chi connectivity index (χ0v) is 16.6. The molecule has 1 amide bonds. The molecule has 0 aliphatic carbocycles. The first-order chi connectivity index (χ1) is 13.1. The number of aryl methyl sites for hydroxylation is 1. The highest BCUT2D eigenvalue weighted by Crippen LogP contribution is 2.27. The molecular weight excluding hydrogens is 360 g/mol. The minimum atomic E-state index is -0.0341. The Labute approximate surface area is 164 Å². The first-order valence-corrected chi connectivity index (χ1v) is 9.94. The number of unbranched alkanes of at least 4 members (excludes halogenated alkanes) is 2. The Morgan fingerprint density at radius 1 is 1.04 bits per heavy atom. The van der Waals surface area contributed by atoms with Crippen LogP contribution >= 0.6 is 11.6 Å². The molecule has 0 atom stereocenters. The minimum Gasteiger partial charge on any atom is -0.325 e. The van der Waals surface area contributed by atoms with Crippen LogP contribution in [0.3, 0.4) is 0 Å². The third kappa shape index (κ3) is 4.86. The van der Waals surface area contributed by atoms with Gasteiger partial charge in [0.2, 0.25) is 5.91 Å². The summed E-state index contributed by atoms with van der Waals surface area (Å²) in [5, 5.41) is 12.4. The monoisotopic (exact) mass is 384 g/mol. The van der Waals surface area contributed by atoms with E-state index >= 15 is 0 Å². The Hall–Kier alpha value is -2.40. The number of rotatable bonds is 8. The summed E-state index contributed by atoms with van der Waals surface area (Å²) in [6, 6.07) is 11.8. The van der Waals surface area contributed by atoms with E-state index in [2.05, 4.69) is 41.5 Å². The van der Waals surface area contributed by atoms with E-state index in [0.717, 1.165) is 24.9 Å². The molecule has 3 aromatic rings. The van der Waals surface area contributed by atoms with Crippen molar-refractivity contribution in [2.24, 2.45) is 0 Å². The molecule has 1 heterocycles. The number of carbonyl (C=O) groups excluding carboxylic acids is 1. The third-order valence-corrected chi connectivity index (χ3v) is 4.80. The van der Waals surface area contributed by atoms with Gasteiger partial charge in [-0.25, -0.2) is 0 Å². The molecule has 0 aliphatic heterocycles. The maximum Gasteiger partial charge on any atom is 0.224 e. The number of halogens is 1. The molecule has 142 valence electrons. The third-order valence-electron chi connectivity index (χ3n) is 4.49. The Kier molecular flexibility index (Phi) is 6.45. The van der Waals surface area contributed by atoms with Gasteiger partial charge in [-0.2, -0.15) is 4.80 Å². The number of amides is 1. The number of aromatic nitrogens is 3. The van der Waals surface area contributed by atoms with Crippen LogP contribution in [-0.2, 0) is 11.2 Å². The number of nitrogens with one attached hydrogen (secondary N) is 1. The highest BCUT2D eigenvalue weighted by molar-refractivity contribution is 6.34. The topological polar surface area (TPSA) is 59.8 Å². The summed E-state index contributed by atoms with van der Waals surface area (Å²) in [4.78, 5) is 13.6. The van der Waals surface area contributed by atoms with Crippen LogP contribution in [-0.4, -0.2) is 20.9 Å². The molecule has 0 unspecified atom stereocenters. The van der Waals surface area contributed by atoms with E-state index in [1.165, 1.54) is 18.4 Å². The lowest BCUT2D eigenvalue weighted by Crippen LogP contribution is -2.11. The van der Waals surface area contributed by atoms with Gasteiger partial charge in [-0.05, 0) is 49.1 Å². The molecule has 5 nitrogen and oxygen atoms in total. The van der Waals surface area contributed by atoms with E-state index in [-0.39, 0.29) is 5.91 Å². The highest BCUT2D eigenvalue weighted by atomic mass is 35.5. The van der Waals surface area contributed by atoms with Crippen LogP contribution in [0.1, 0.15) is 51.5 Å². The van der Waals surface area contributed by atoms with Gasteiger partial charge in [0.25, 0.3) is 0 Å². The van der Waals surface area contributed by atoms with Crippen molar-refractivity contribution in [2.75, 3.05) is 5.32 Å². The molecule has 27 heavy (non-hydrogen) atoms. The van der Waals surface area contributed by atoms with Gasteiger partial charge in [0, 0.05) is 6.42 Å². The van der Waals surface area contributed by atoms with E-state index < -0.39 is 0 Å². The molecule has 1 N–H and O–H groups in total. The SMILES string of the molecule is CCCCC(=O)Nc1cc2nn(-c3ccc(CCCC)cc3)nc2cc1Cl. The second kappa shape index (κ2) is 9.00. The number of hydrogen-bond donors (Lipinski definition) is 1. The molecule has 0 aliphatic rings. The van der Waals surface area contributed by atoms with Crippen LogP contribution < -0.4 is 5.32 Å². The molecule has 0 bridgehead atoms. The predicted octanol–water partition coefficient (Wildman–Crippen LogP) is 5.55. The number of benzene rings is 2. The van der Waals surface area contributed by atoms with Crippen LogP contribution in [0, 0.1) is 0 Å². The summed E-state index contributed by atoms with van der Waals surface area (Å²) in [5.74, 6) is -0.0341. The standard InChI is InChI=1S/C21H25ClN4O/c1-3-5-7-15-9-11-16(12-10-15)26-24-19-13-17(22)18(14-20(19)25-26)23-21(27)8-6-4-2/h9-14H,3-8H2,1-2H3,(H,23,27). The molecule has 0 saturated carbocycles. The number of nitrogens with zero attached hydrogens (tertiary/aromatic N) is 3. The van der Waals surface area contributed by atoms with Gasteiger partial charge in [0.05, 0.1) is 16.4 Å². The maximum atomic E-state index is 12.0.